The van der Waals surface area contributed by atoms with Crippen LogP contribution < -0.4 is 26.1 Å². The molecule has 14 nitrogen and oxygen atoms in total. The lowest BCUT2D eigenvalue weighted by molar-refractivity contribution is 0.00269. The Kier molecular flexibility index (Phi) is 7.89. The van der Waals surface area contributed by atoms with E-state index in [0.29, 0.717) is 0 Å². The Bertz CT molecular complexity index is 1950. The standard InChI is InChI=1S/C30H21NO13/c31-14-7-8-17(32)16(9-14)30(39)42-15(12-40-20-3-1-5-22-26(20)18(33)10-24(43-22)28(35)36)13-41-21-4-2-6-23-27(21)19(34)11-25(44-23)29(37)38/h1-11,15,32H,12-13,31H2,(H,35,36)(H,37,38). The summed E-state index contributed by atoms with van der Waals surface area (Å²) >= 11 is 0. The van der Waals surface area contributed by atoms with E-state index in [0.717, 1.165) is 12.1 Å². The second kappa shape index (κ2) is 11.9. The molecule has 14 heteroatoms. The summed E-state index contributed by atoms with van der Waals surface area (Å²) in [5.41, 5.74) is 4.13. The van der Waals surface area contributed by atoms with E-state index in [-0.39, 0.29) is 44.7 Å². The second-order valence-electron chi connectivity index (χ2n) is 9.24. The number of carbonyl (C=O) groups excluding carboxylic acids is 1. The predicted molar refractivity (Wildman–Crippen MR) is 152 cm³/mol. The first-order valence-electron chi connectivity index (χ1n) is 12.7. The van der Waals surface area contributed by atoms with E-state index in [1.165, 1.54) is 54.6 Å². The number of fused-ring (bicyclic) bond motifs is 2. The van der Waals surface area contributed by atoms with Crippen LogP contribution in [0.5, 0.6) is 17.2 Å². The number of benzene rings is 3. The molecule has 0 radical (unpaired) electrons. The highest BCUT2D eigenvalue weighted by Crippen LogP contribution is 2.27. The number of ether oxygens (including phenoxy) is 3. The number of carbonyl (C=O) groups is 3. The average molecular weight is 603 g/mol. The van der Waals surface area contributed by atoms with Crippen molar-refractivity contribution in [3.63, 3.8) is 0 Å². The minimum atomic E-state index is -1.44. The van der Waals surface area contributed by atoms with Crippen LogP contribution in [0, 0.1) is 0 Å². The van der Waals surface area contributed by atoms with Gasteiger partial charge < -0.3 is 44.1 Å². The molecule has 0 atom stereocenters. The zero-order valence-electron chi connectivity index (χ0n) is 22.3. The molecule has 0 amide bonds. The number of hydrogen-bond acceptors (Lipinski definition) is 12. The number of nitrogen functional groups attached to an aromatic ring is 1. The van der Waals surface area contributed by atoms with Gasteiger partial charge >= 0.3 is 17.9 Å². The molecule has 0 aliphatic carbocycles. The molecule has 5 N–H and O–H groups in total. The summed E-state index contributed by atoms with van der Waals surface area (Å²) < 4.78 is 27.7. The lowest BCUT2D eigenvalue weighted by atomic mass is 10.2. The maximum absolute atomic E-state index is 13.0. The Labute approximate surface area is 245 Å². The molecule has 0 fully saturated rings. The molecular formula is C30H21NO13. The summed E-state index contributed by atoms with van der Waals surface area (Å²) in [7, 11) is 0. The van der Waals surface area contributed by atoms with Crippen LogP contribution in [0.25, 0.3) is 21.9 Å². The Morgan fingerprint density at radius 3 is 1.73 bits per heavy atom. The monoisotopic (exact) mass is 603 g/mol. The number of esters is 1. The molecule has 3 aromatic carbocycles. The van der Waals surface area contributed by atoms with Crippen molar-refractivity contribution in [2.45, 2.75) is 6.10 Å². The predicted octanol–water partition coefficient (Wildman–Crippen LogP) is 3.27. The SMILES string of the molecule is Nc1ccc(O)c(C(=O)OC(COc2cccc3oc(C(=O)O)cc(=O)c23)COc2cccc3oc(C(=O)O)cc(=O)c23)c1. The van der Waals surface area contributed by atoms with Crippen molar-refractivity contribution in [2.24, 2.45) is 0 Å². The molecule has 0 unspecified atom stereocenters. The summed E-state index contributed by atoms with van der Waals surface area (Å²) in [5, 5.41) is 28.4. The van der Waals surface area contributed by atoms with Gasteiger partial charge in [-0.2, -0.15) is 0 Å². The Morgan fingerprint density at radius 2 is 1.25 bits per heavy atom. The smallest absolute Gasteiger partial charge is 0.371 e. The molecule has 0 spiro atoms. The summed E-state index contributed by atoms with van der Waals surface area (Å²) in [6, 6.07) is 13.9. The highest BCUT2D eigenvalue weighted by Gasteiger charge is 2.23. The number of aromatic carboxylic acids is 2. The highest BCUT2D eigenvalue weighted by atomic mass is 16.6. The van der Waals surface area contributed by atoms with E-state index >= 15 is 0 Å². The fourth-order valence-corrected chi connectivity index (χ4v) is 4.22. The van der Waals surface area contributed by atoms with Crippen LogP contribution in [-0.4, -0.2) is 52.5 Å². The number of carboxylic acid groups (broad SMARTS) is 2. The third-order valence-corrected chi connectivity index (χ3v) is 6.22. The van der Waals surface area contributed by atoms with Crippen molar-refractivity contribution >= 4 is 45.5 Å². The van der Waals surface area contributed by atoms with Crippen LogP contribution in [0.2, 0.25) is 0 Å². The molecule has 0 aliphatic rings. The van der Waals surface area contributed by atoms with Crippen LogP contribution in [-0.2, 0) is 4.74 Å². The highest BCUT2D eigenvalue weighted by molar-refractivity contribution is 5.94. The molecule has 2 heterocycles. The molecule has 2 aromatic heterocycles. The minimum Gasteiger partial charge on any atom is -0.507 e. The van der Waals surface area contributed by atoms with Gasteiger partial charge in [0.1, 0.15) is 58.0 Å². The normalized spacial score (nSPS) is 11.0. The van der Waals surface area contributed by atoms with E-state index in [2.05, 4.69) is 0 Å². The van der Waals surface area contributed by atoms with E-state index < -0.39 is 65.4 Å². The van der Waals surface area contributed by atoms with Gasteiger partial charge in [0.15, 0.2) is 17.0 Å². The Balaban J connectivity index is 1.45. The zero-order valence-corrected chi connectivity index (χ0v) is 22.3. The number of carboxylic acids is 2. The lowest BCUT2D eigenvalue weighted by Crippen LogP contribution is -2.31. The molecule has 224 valence electrons. The first kappa shape index (κ1) is 29.2. The molecule has 0 saturated heterocycles. The third-order valence-electron chi connectivity index (χ3n) is 6.22. The molecule has 44 heavy (non-hydrogen) atoms. The topological polar surface area (TPSA) is 226 Å². The van der Waals surface area contributed by atoms with E-state index in [1.807, 2.05) is 0 Å². The fourth-order valence-electron chi connectivity index (χ4n) is 4.22. The van der Waals surface area contributed by atoms with Crippen LogP contribution in [0.3, 0.4) is 0 Å². The molecule has 5 aromatic rings. The van der Waals surface area contributed by atoms with Gasteiger partial charge in [-0.3, -0.25) is 9.59 Å². The quantitative estimate of drug-likeness (QED) is 0.102. The summed E-state index contributed by atoms with van der Waals surface area (Å²) in [6.07, 6.45) is -1.25. The van der Waals surface area contributed by atoms with Gasteiger partial charge in [-0.15, -0.1) is 0 Å². The van der Waals surface area contributed by atoms with Crippen molar-refractivity contribution < 1.29 is 52.7 Å². The summed E-state index contributed by atoms with van der Waals surface area (Å²) in [6.45, 7) is -0.868. The van der Waals surface area contributed by atoms with Gasteiger partial charge in [-0.1, -0.05) is 12.1 Å². The van der Waals surface area contributed by atoms with Crippen molar-refractivity contribution in [3.8, 4) is 17.2 Å². The van der Waals surface area contributed by atoms with Crippen LogP contribution in [0.1, 0.15) is 31.5 Å². The average Bonchev–Trinajstić information content (AvgIpc) is 2.99. The van der Waals surface area contributed by atoms with E-state index in [1.54, 1.807) is 0 Å². The summed E-state index contributed by atoms with van der Waals surface area (Å²) in [4.78, 5) is 61.0. The maximum atomic E-state index is 13.0. The van der Waals surface area contributed by atoms with Gasteiger partial charge in [0, 0.05) is 17.8 Å². The first-order valence-corrected chi connectivity index (χ1v) is 12.7. The number of nitrogens with two attached hydrogens (primary N) is 1. The maximum Gasteiger partial charge on any atom is 0.371 e. The zero-order chi connectivity index (χ0) is 31.5. The number of anilines is 1. The van der Waals surface area contributed by atoms with Gasteiger partial charge in [-0.05, 0) is 42.5 Å². The molecule has 0 bridgehead atoms. The van der Waals surface area contributed by atoms with Gasteiger partial charge in [0.05, 0.1) is 0 Å². The minimum absolute atomic E-state index is 0.0203. The fraction of sp³-hybridized carbons (Fsp3) is 0.100. The number of aromatic hydroxyl groups is 1. The van der Waals surface area contributed by atoms with Gasteiger partial charge in [0.2, 0.25) is 11.5 Å². The van der Waals surface area contributed by atoms with Crippen LogP contribution in [0.4, 0.5) is 5.69 Å². The van der Waals surface area contributed by atoms with Gasteiger partial charge in [0.25, 0.3) is 0 Å². The molecule has 5 rings (SSSR count). The van der Waals surface area contributed by atoms with Gasteiger partial charge in [-0.25, -0.2) is 14.4 Å². The number of hydrogen-bond donors (Lipinski definition) is 4. The second-order valence-corrected chi connectivity index (χ2v) is 9.24. The van der Waals surface area contributed by atoms with Crippen LogP contribution >= 0.6 is 0 Å². The lowest BCUT2D eigenvalue weighted by Gasteiger charge is -2.20. The largest absolute Gasteiger partial charge is 0.507 e. The first-order chi connectivity index (χ1) is 21.0. The van der Waals surface area contributed by atoms with Crippen LogP contribution in [0.15, 0.2) is 85.2 Å². The van der Waals surface area contributed by atoms with Crippen molar-refractivity contribution in [3.05, 3.63) is 104 Å². The third kappa shape index (κ3) is 5.99. The van der Waals surface area contributed by atoms with Crippen molar-refractivity contribution in [2.75, 3.05) is 18.9 Å². The Hall–Kier alpha value is -6.31. The number of phenols is 1. The van der Waals surface area contributed by atoms with E-state index in [4.69, 9.17) is 28.8 Å². The molecular weight excluding hydrogens is 582 g/mol. The molecule has 0 saturated carbocycles. The molecule has 0 aliphatic heterocycles. The van der Waals surface area contributed by atoms with Crippen molar-refractivity contribution in [1.82, 2.24) is 0 Å². The number of phenolic OH excluding ortho intramolecular Hbond substituents is 1. The number of rotatable bonds is 10. The van der Waals surface area contributed by atoms with E-state index in [9.17, 15) is 39.3 Å². The Morgan fingerprint density at radius 1 is 0.750 bits per heavy atom. The summed E-state index contributed by atoms with van der Waals surface area (Å²) in [5.74, 6) is -5.47. The van der Waals surface area contributed by atoms with Crippen molar-refractivity contribution in [1.29, 1.82) is 0 Å².